The molecule has 0 fully saturated rings. The predicted molar refractivity (Wildman–Crippen MR) is 63.2 cm³/mol. The summed E-state index contributed by atoms with van der Waals surface area (Å²) < 4.78 is 7.32. The molecule has 0 aliphatic carbocycles. The maximum absolute atomic E-state index is 9.98. The second-order valence-corrected chi connectivity index (χ2v) is 3.95. The van der Waals surface area contributed by atoms with Crippen molar-refractivity contribution in [3.8, 4) is 0 Å². The van der Waals surface area contributed by atoms with Crippen LogP contribution >= 0.6 is 0 Å². The molecule has 1 aromatic heterocycles. The summed E-state index contributed by atoms with van der Waals surface area (Å²) in [6.07, 6.45) is 3.75. The fourth-order valence-electron chi connectivity index (χ4n) is 1.84. The topological polar surface area (TPSA) is 47.3 Å². The molecule has 0 bridgehead atoms. The summed E-state index contributed by atoms with van der Waals surface area (Å²) in [6.45, 7) is 4.64. The molecule has 2 unspecified atom stereocenters. The van der Waals surface area contributed by atoms with Gasteiger partial charge < -0.3 is 9.84 Å². The highest BCUT2D eigenvalue weighted by atomic mass is 16.5. The molecule has 1 heterocycles. The zero-order chi connectivity index (χ0) is 12.0. The molecular formula is C12H22N2O2. The van der Waals surface area contributed by atoms with Gasteiger partial charge in [-0.05, 0) is 32.3 Å². The molecule has 16 heavy (non-hydrogen) atoms. The third-order valence-corrected chi connectivity index (χ3v) is 2.83. The Hall–Kier alpha value is -0.870. The van der Waals surface area contributed by atoms with Crippen LogP contribution in [0.2, 0.25) is 0 Å². The van der Waals surface area contributed by atoms with Gasteiger partial charge in [-0.15, -0.1) is 0 Å². The predicted octanol–water partition coefficient (Wildman–Crippen LogP) is 1.53. The lowest BCUT2D eigenvalue weighted by atomic mass is 10.0. The molecule has 92 valence electrons. The Bertz CT molecular complexity index is 299. The molecule has 0 amide bonds. The molecule has 1 rings (SSSR count). The summed E-state index contributed by atoms with van der Waals surface area (Å²) in [5, 5.41) is 14.1. The first-order valence-electron chi connectivity index (χ1n) is 5.95. The Morgan fingerprint density at radius 3 is 2.75 bits per heavy atom. The van der Waals surface area contributed by atoms with Gasteiger partial charge in [0.25, 0.3) is 0 Å². The molecule has 0 aliphatic heterocycles. The Labute approximate surface area is 97.2 Å². The molecule has 0 saturated carbocycles. The number of nitrogens with zero attached hydrogens (tertiary/aromatic N) is 2. The van der Waals surface area contributed by atoms with Gasteiger partial charge in [-0.2, -0.15) is 5.10 Å². The van der Waals surface area contributed by atoms with E-state index in [4.69, 9.17) is 4.74 Å². The van der Waals surface area contributed by atoms with Crippen molar-refractivity contribution in [2.24, 2.45) is 7.05 Å². The zero-order valence-electron chi connectivity index (χ0n) is 10.4. The molecule has 2 atom stereocenters. The molecule has 0 saturated heterocycles. The Kier molecular flexibility index (Phi) is 5.49. The number of hydrogen-bond donors (Lipinski definition) is 1. The van der Waals surface area contributed by atoms with Gasteiger partial charge in [0.15, 0.2) is 0 Å². The summed E-state index contributed by atoms with van der Waals surface area (Å²) in [5.41, 5.74) is 1.14. The van der Waals surface area contributed by atoms with Gasteiger partial charge in [-0.3, -0.25) is 4.68 Å². The lowest BCUT2D eigenvalue weighted by Crippen LogP contribution is -2.29. The van der Waals surface area contributed by atoms with Crippen LogP contribution in [0.3, 0.4) is 0 Å². The third-order valence-electron chi connectivity index (χ3n) is 2.83. The maximum Gasteiger partial charge on any atom is 0.0831 e. The molecule has 0 aromatic carbocycles. The van der Waals surface area contributed by atoms with Crippen LogP contribution in [-0.4, -0.2) is 33.7 Å². The van der Waals surface area contributed by atoms with Crippen molar-refractivity contribution in [2.75, 3.05) is 6.61 Å². The van der Waals surface area contributed by atoms with Crippen LogP contribution in [0.15, 0.2) is 12.3 Å². The van der Waals surface area contributed by atoms with E-state index in [1.165, 1.54) is 0 Å². The molecule has 1 N–H and O–H groups in total. The molecular weight excluding hydrogens is 204 g/mol. The minimum atomic E-state index is -0.389. The highest BCUT2D eigenvalue weighted by Gasteiger charge is 2.17. The number of aliphatic hydroxyl groups is 1. The van der Waals surface area contributed by atoms with Gasteiger partial charge in [-0.25, -0.2) is 0 Å². The highest BCUT2D eigenvalue weighted by molar-refractivity contribution is 5.00. The number of aromatic nitrogens is 2. The smallest absolute Gasteiger partial charge is 0.0831 e. The van der Waals surface area contributed by atoms with E-state index in [2.05, 4.69) is 5.10 Å². The van der Waals surface area contributed by atoms with Crippen molar-refractivity contribution < 1.29 is 9.84 Å². The van der Waals surface area contributed by atoms with Crippen LogP contribution in [0.25, 0.3) is 0 Å². The third kappa shape index (κ3) is 3.61. The second kappa shape index (κ2) is 6.66. The molecule has 0 spiro atoms. The number of ether oxygens (including phenoxy) is 1. The largest absolute Gasteiger partial charge is 0.390 e. The highest BCUT2D eigenvalue weighted by Crippen LogP contribution is 2.11. The standard InChI is InChI=1S/C12H22N2O2/c1-4-12(16-5-2)11(15)7-6-10-8-9-13-14(10)3/h8-9,11-12,15H,4-7H2,1-3H3. The van der Waals surface area contributed by atoms with Gasteiger partial charge in [0, 0.05) is 25.5 Å². The van der Waals surface area contributed by atoms with E-state index >= 15 is 0 Å². The van der Waals surface area contributed by atoms with E-state index < -0.39 is 0 Å². The van der Waals surface area contributed by atoms with Crippen LogP contribution in [0, 0.1) is 0 Å². The van der Waals surface area contributed by atoms with Gasteiger partial charge in [-0.1, -0.05) is 6.92 Å². The first-order valence-corrected chi connectivity index (χ1v) is 5.95. The van der Waals surface area contributed by atoms with E-state index in [1.807, 2.05) is 31.6 Å². The Morgan fingerprint density at radius 2 is 2.25 bits per heavy atom. The average Bonchev–Trinajstić information content (AvgIpc) is 2.68. The van der Waals surface area contributed by atoms with Crippen LogP contribution in [0.4, 0.5) is 0 Å². The average molecular weight is 226 g/mol. The van der Waals surface area contributed by atoms with Gasteiger partial charge in [0.1, 0.15) is 0 Å². The van der Waals surface area contributed by atoms with E-state index in [9.17, 15) is 5.11 Å². The molecule has 0 radical (unpaired) electrons. The normalized spacial score (nSPS) is 15.0. The first kappa shape index (κ1) is 13.2. The fourth-order valence-corrected chi connectivity index (χ4v) is 1.84. The van der Waals surface area contributed by atoms with Gasteiger partial charge in [0.2, 0.25) is 0 Å². The lowest BCUT2D eigenvalue weighted by molar-refractivity contribution is -0.0371. The van der Waals surface area contributed by atoms with Crippen LogP contribution in [-0.2, 0) is 18.2 Å². The van der Waals surface area contributed by atoms with E-state index in [0.717, 1.165) is 25.0 Å². The van der Waals surface area contributed by atoms with E-state index in [-0.39, 0.29) is 12.2 Å². The number of hydrogen-bond acceptors (Lipinski definition) is 3. The summed E-state index contributed by atoms with van der Waals surface area (Å²) in [6, 6.07) is 1.98. The summed E-state index contributed by atoms with van der Waals surface area (Å²) in [7, 11) is 1.92. The monoisotopic (exact) mass is 226 g/mol. The molecule has 1 aromatic rings. The number of aliphatic hydroxyl groups excluding tert-OH is 1. The van der Waals surface area contributed by atoms with Crippen LogP contribution < -0.4 is 0 Å². The summed E-state index contributed by atoms with van der Waals surface area (Å²) in [4.78, 5) is 0. The first-order chi connectivity index (χ1) is 7.69. The zero-order valence-corrected chi connectivity index (χ0v) is 10.4. The van der Waals surface area contributed by atoms with Crippen molar-refractivity contribution >= 4 is 0 Å². The van der Waals surface area contributed by atoms with E-state index in [1.54, 1.807) is 6.20 Å². The van der Waals surface area contributed by atoms with Crippen molar-refractivity contribution in [1.82, 2.24) is 9.78 Å². The minimum absolute atomic E-state index is 0.0433. The fraction of sp³-hybridized carbons (Fsp3) is 0.750. The quantitative estimate of drug-likeness (QED) is 0.767. The Balaban J connectivity index is 2.39. The molecule has 4 heteroatoms. The minimum Gasteiger partial charge on any atom is -0.390 e. The maximum atomic E-state index is 9.98. The summed E-state index contributed by atoms with van der Waals surface area (Å²) >= 11 is 0. The van der Waals surface area contributed by atoms with E-state index in [0.29, 0.717) is 6.61 Å². The lowest BCUT2D eigenvalue weighted by Gasteiger charge is -2.21. The second-order valence-electron chi connectivity index (χ2n) is 3.95. The molecule has 0 aliphatic rings. The Morgan fingerprint density at radius 1 is 1.50 bits per heavy atom. The molecule has 4 nitrogen and oxygen atoms in total. The number of aryl methyl sites for hydroxylation is 2. The van der Waals surface area contributed by atoms with Crippen molar-refractivity contribution in [1.29, 1.82) is 0 Å². The SMILES string of the molecule is CCOC(CC)C(O)CCc1ccnn1C. The number of rotatable bonds is 7. The van der Waals surface area contributed by atoms with Gasteiger partial charge in [0.05, 0.1) is 12.2 Å². The van der Waals surface area contributed by atoms with Crippen molar-refractivity contribution in [2.45, 2.75) is 45.3 Å². The summed E-state index contributed by atoms with van der Waals surface area (Å²) in [5.74, 6) is 0. The van der Waals surface area contributed by atoms with Gasteiger partial charge >= 0.3 is 0 Å². The van der Waals surface area contributed by atoms with Crippen LogP contribution in [0.1, 0.15) is 32.4 Å². The van der Waals surface area contributed by atoms with Crippen molar-refractivity contribution in [3.63, 3.8) is 0 Å². The van der Waals surface area contributed by atoms with Crippen LogP contribution in [0.5, 0.6) is 0 Å². The van der Waals surface area contributed by atoms with Crippen molar-refractivity contribution in [3.05, 3.63) is 18.0 Å².